The van der Waals surface area contributed by atoms with Crippen molar-refractivity contribution in [2.45, 2.75) is 17.4 Å². The van der Waals surface area contributed by atoms with Crippen molar-refractivity contribution in [2.24, 2.45) is 5.73 Å². The quantitative estimate of drug-likeness (QED) is 0.794. The van der Waals surface area contributed by atoms with Gasteiger partial charge in [0, 0.05) is 5.41 Å². The van der Waals surface area contributed by atoms with E-state index in [9.17, 15) is 13.5 Å². The summed E-state index contributed by atoms with van der Waals surface area (Å²) in [5, 5.41) is 10.3. The molecular formula is C11H15NO3S. The molecule has 0 bridgehead atoms. The van der Waals surface area contributed by atoms with E-state index in [1.165, 1.54) is 18.2 Å². The third-order valence-electron chi connectivity index (χ3n) is 2.01. The Bertz CT molecular complexity index is 440. The van der Waals surface area contributed by atoms with Gasteiger partial charge in [0.15, 0.2) is 9.84 Å². The second-order valence-corrected chi connectivity index (χ2v) is 5.16. The zero-order chi connectivity index (χ0) is 12.0. The summed E-state index contributed by atoms with van der Waals surface area (Å²) in [6.07, 6.45) is 0.777. The molecule has 0 saturated heterocycles. The van der Waals surface area contributed by atoms with E-state index in [0.717, 1.165) is 5.41 Å². The van der Waals surface area contributed by atoms with E-state index in [1.54, 1.807) is 18.2 Å². The third kappa shape index (κ3) is 3.77. The van der Waals surface area contributed by atoms with Crippen LogP contribution in [-0.4, -0.2) is 26.2 Å². The summed E-state index contributed by atoms with van der Waals surface area (Å²) < 4.78 is 23.4. The molecule has 4 nitrogen and oxygen atoms in total. The third-order valence-corrected chi connectivity index (χ3v) is 3.46. The molecule has 1 atom stereocenters. The van der Waals surface area contributed by atoms with Crippen molar-refractivity contribution in [1.29, 1.82) is 0 Å². The maximum absolute atomic E-state index is 11.7. The zero-order valence-electron chi connectivity index (χ0n) is 8.78. The molecule has 0 aliphatic rings. The summed E-state index contributed by atoms with van der Waals surface area (Å²) in [6, 6.07) is 8.06. The van der Waals surface area contributed by atoms with E-state index >= 15 is 0 Å². The number of rotatable bonds is 5. The number of aliphatic hydroxyl groups is 1. The van der Waals surface area contributed by atoms with Gasteiger partial charge in [-0.05, 0) is 31.2 Å². The highest BCUT2D eigenvalue weighted by Crippen LogP contribution is 2.11. The first-order chi connectivity index (χ1) is 7.56. The summed E-state index contributed by atoms with van der Waals surface area (Å²) in [7, 11) is -3.46. The van der Waals surface area contributed by atoms with Gasteiger partial charge in [0.1, 0.15) is 0 Å². The van der Waals surface area contributed by atoms with Gasteiger partial charge in [0.2, 0.25) is 0 Å². The Morgan fingerprint density at radius 3 is 2.50 bits per heavy atom. The molecule has 1 aromatic rings. The van der Waals surface area contributed by atoms with Crippen LogP contribution in [-0.2, 0) is 9.84 Å². The molecule has 5 heteroatoms. The van der Waals surface area contributed by atoms with E-state index < -0.39 is 15.9 Å². The van der Waals surface area contributed by atoms with Crippen molar-refractivity contribution in [2.75, 3.05) is 6.54 Å². The maximum atomic E-state index is 11.7. The molecule has 3 N–H and O–H groups in total. The second kappa shape index (κ2) is 5.79. The van der Waals surface area contributed by atoms with Gasteiger partial charge in [-0.2, -0.15) is 0 Å². The average Bonchev–Trinajstić information content (AvgIpc) is 2.28. The number of hydrogen-bond donors (Lipinski definition) is 2. The minimum absolute atomic E-state index is 0.214. The van der Waals surface area contributed by atoms with Gasteiger partial charge >= 0.3 is 0 Å². The van der Waals surface area contributed by atoms with Gasteiger partial charge in [0.25, 0.3) is 0 Å². The van der Waals surface area contributed by atoms with Crippen LogP contribution in [0.4, 0.5) is 0 Å². The van der Waals surface area contributed by atoms with Crippen LogP contribution < -0.4 is 5.73 Å². The van der Waals surface area contributed by atoms with Crippen molar-refractivity contribution in [3.05, 3.63) is 41.8 Å². The molecule has 1 aromatic carbocycles. The highest BCUT2D eigenvalue weighted by atomic mass is 32.2. The largest absolute Gasteiger partial charge is 0.389 e. The topological polar surface area (TPSA) is 80.4 Å². The maximum Gasteiger partial charge on any atom is 0.199 e. The molecule has 0 spiro atoms. The second-order valence-electron chi connectivity index (χ2n) is 3.33. The first-order valence-electron chi connectivity index (χ1n) is 4.93. The van der Waals surface area contributed by atoms with E-state index in [2.05, 4.69) is 0 Å². The molecule has 16 heavy (non-hydrogen) atoms. The van der Waals surface area contributed by atoms with Crippen LogP contribution in [0.15, 0.2) is 46.7 Å². The number of nitrogens with two attached hydrogens (primary N) is 1. The molecule has 0 amide bonds. The summed E-state index contributed by atoms with van der Waals surface area (Å²) >= 11 is 0. The Morgan fingerprint density at radius 1 is 1.31 bits per heavy atom. The van der Waals surface area contributed by atoms with E-state index in [0.29, 0.717) is 13.0 Å². The minimum Gasteiger partial charge on any atom is -0.389 e. The van der Waals surface area contributed by atoms with Crippen molar-refractivity contribution in [3.8, 4) is 0 Å². The van der Waals surface area contributed by atoms with Crippen LogP contribution in [0, 0.1) is 0 Å². The van der Waals surface area contributed by atoms with Crippen molar-refractivity contribution >= 4 is 9.84 Å². The summed E-state index contributed by atoms with van der Waals surface area (Å²) in [6.45, 7) is 0.316. The molecule has 0 saturated carbocycles. The molecule has 0 aliphatic carbocycles. The Balaban J connectivity index is 2.81. The van der Waals surface area contributed by atoms with Gasteiger partial charge in [-0.25, -0.2) is 8.42 Å². The van der Waals surface area contributed by atoms with E-state index in [1.807, 2.05) is 0 Å². The number of aliphatic hydroxyl groups excluding tert-OH is 1. The highest BCUT2D eigenvalue weighted by Gasteiger charge is 2.09. The summed E-state index contributed by atoms with van der Waals surface area (Å²) in [5.41, 5.74) is 5.24. The van der Waals surface area contributed by atoms with Crippen LogP contribution in [0.25, 0.3) is 0 Å². The number of sulfone groups is 1. The summed E-state index contributed by atoms with van der Waals surface area (Å²) in [5.74, 6) is 0. The van der Waals surface area contributed by atoms with Crippen LogP contribution in [0.1, 0.15) is 6.42 Å². The van der Waals surface area contributed by atoms with E-state index in [4.69, 9.17) is 5.73 Å². The van der Waals surface area contributed by atoms with Gasteiger partial charge in [-0.3, -0.25) is 0 Å². The highest BCUT2D eigenvalue weighted by molar-refractivity contribution is 7.94. The lowest BCUT2D eigenvalue weighted by Crippen LogP contribution is -2.11. The SMILES string of the molecule is NCC[C@@H](O)/C=C/S(=O)(=O)c1ccccc1. The van der Waals surface area contributed by atoms with Crippen LogP contribution in [0.2, 0.25) is 0 Å². The lowest BCUT2D eigenvalue weighted by atomic mass is 10.2. The first kappa shape index (κ1) is 12.9. The Hall–Kier alpha value is -1.17. The van der Waals surface area contributed by atoms with Crippen LogP contribution >= 0.6 is 0 Å². The van der Waals surface area contributed by atoms with Gasteiger partial charge in [0.05, 0.1) is 11.0 Å². The lowest BCUT2D eigenvalue weighted by Gasteiger charge is -2.02. The Morgan fingerprint density at radius 2 is 1.94 bits per heavy atom. The molecular weight excluding hydrogens is 226 g/mol. The van der Waals surface area contributed by atoms with Gasteiger partial charge < -0.3 is 10.8 Å². The molecule has 0 aromatic heterocycles. The number of benzene rings is 1. The first-order valence-corrected chi connectivity index (χ1v) is 6.47. The monoisotopic (exact) mass is 241 g/mol. The Kier molecular flexibility index (Phi) is 4.67. The normalized spacial score (nSPS) is 14.1. The Labute approximate surface area is 95.3 Å². The van der Waals surface area contributed by atoms with Crippen LogP contribution in [0.3, 0.4) is 0 Å². The van der Waals surface area contributed by atoms with Gasteiger partial charge in [-0.1, -0.05) is 18.2 Å². The standard InChI is InChI=1S/C11H15NO3S/c12-8-6-10(13)7-9-16(14,15)11-4-2-1-3-5-11/h1-5,7,9-10,13H,6,8,12H2/b9-7+/t10-/m1/s1. The fourth-order valence-electron chi connectivity index (χ4n) is 1.15. The molecule has 0 unspecified atom stereocenters. The van der Waals surface area contributed by atoms with Crippen LogP contribution in [0.5, 0.6) is 0 Å². The fraction of sp³-hybridized carbons (Fsp3) is 0.273. The van der Waals surface area contributed by atoms with Gasteiger partial charge in [-0.15, -0.1) is 0 Å². The smallest absolute Gasteiger partial charge is 0.199 e. The zero-order valence-corrected chi connectivity index (χ0v) is 9.60. The predicted molar refractivity (Wildman–Crippen MR) is 62.4 cm³/mol. The van der Waals surface area contributed by atoms with Crippen molar-refractivity contribution < 1.29 is 13.5 Å². The molecule has 88 valence electrons. The molecule has 0 radical (unpaired) electrons. The fourth-order valence-corrected chi connectivity index (χ4v) is 2.23. The van der Waals surface area contributed by atoms with E-state index in [-0.39, 0.29) is 4.90 Å². The average molecular weight is 241 g/mol. The number of hydrogen-bond acceptors (Lipinski definition) is 4. The molecule has 1 rings (SSSR count). The minimum atomic E-state index is -3.46. The molecule has 0 aliphatic heterocycles. The molecule has 0 fully saturated rings. The van der Waals surface area contributed by atoms with Crippen molar-refractivity contribution in [1.82, 2.24) is 0 Å². The predicted octanol–water partition coefficient (Wildman–Crippen LogP) is 0.684. The lowest BCUT2D eigenvalue weighted by molar-refractivity contribution is 0.215. The molecule has 0 heterocycles. The summed E-state index contributed by atoms with van der Waals surface area (Å²) in [4.78, 5) is 0.214. The van der Waals surface area contributed by atoms with Crippen molar-refractivity contribution in [3.63, 3.8) is 0 Å².